The molecule has 0 atom stereocenters. The Bertz CT molecular complexity index is 965. The van der Waals surface area contributed by atoms with E-state index in [2.05, 4.69) is 24.8 Å². The molecule has 0 fully saturated rings. The Morgan fingerprint density at radius 3 is 2.74 bits per heavy atom. The third-order valence-corrected chi connectivity index (χ3v) is 3.64. The van der Waals surface area contributed by atoms with E-state index in [1.165, 1.54) is 31.7 Å². The monoisotopic (exact) mass is 377 g/mol. The lowest BCUT2D eigenvalue weighted by molar-refractivity contribution is -0.303. The first kappa shape index (κ1) is 18.4. The lowest BCUT2D eigenvalue weighted by Gasteiger charge is -2.10. The maximum atomic E-state index is 12.3. The molecule has 27 heavy (non-hydrogen) atoms. The number of fused-ring (bicyclic) bond motifs is 1. The van der Waals surface area contributed by atoms with Crippen LogP contribution in [-0.2, 0) is 9.47 Å². The fourth-order valence-electron chi connectivity index (χ4n) is 2.45. The minimum atomic E-state index is -4.74. The van der Waals surface area contributed by atoms with Gasteiger partial charge in [0.25, 0.3) is 0 Å². The third-order valence-electron chi connectivity index (χ3n) is 3.64. The number of allylic oxidation sites excluding steroid dienone is 4. The summed E-state index contributed by atoms with van der Waals surface area (Å²) in [6.45, 7) is 0. The van der Waals surface area contributed by atoms with Crippen LogP contribution in [0.4, 0.5) is 19.0 Å². The number of nitrogens with one attached hydrogen (secondary N) is 1. The van der Waals surface area contributed by atoms with Gasteiger partial charge in [-0.05, 0) is 42.8 Å². The third kappa shape index (κ3) is 4.63. The van der Waals surface area contributed by atoms with Crippen LogP contribution in [0.25, 0.3) is 10.9 Å². The number of methoxy groups -OCH3 is 1. The van der Waals surface area contributed by atoms with E-state index in [1.807, 2.05) is 0 Å². The van der Waals surface area contributed by atoms with Gasteiger partial charge in [0, 0.05) is 11.1 Å². The Morgan fingerprint density at radius 2 is 2.00 bits per heavy atom. The van der Waals surface area contributed by atoms with Gasteiger partial charge in [0.15, 0.2) is 0 Å². The topological polar surface area (TPSA) is 73.3 Å². The van der Waals surface area contributed by atoms with Gasteiger partial charge < -0.3 is 14.8 Å². The Balaban J connectivity index is 1.82. The molecule has 0 saturated heterocycles. The molecular weight excluding hydrogens is 363 g/mol. The second-order valence-corrected chi connectivity index (χ2v) is 5.45. The molecule has 0 aliphatic heterocycles. The fourth-order valence-corrected chi connectivity index (χ4v) is 2.45. The highest BCUT2D eigenvalue weighted by Crippen LogP contribution is 2.25. The van der Waals surface area contributed by atoms with Gasteiger partial charge in [-0.2, -0.15) is 0 Å². The van der Waals surface area contributed by atoms with E-state index in [0.29, 0.717) is 28.0 Å². The molecule has 9 heteroatoms. The predicted octanol–water partition coefficient (Wildman–Crippen LogP) is 4.09. The molecule has 140 valence electrons. The molecule has 1 aromatic carbocycles. The van der Waals surface area contributed by atoms with Crippen molar-refractivity contribution < 1.29 is 27.4 Å². The van der Waals surface area contributed by atoms with Crippen molar-refractivity contribution in [3.8, 4) is 0 Å². The molecule has 0 unspecified atom stereocenters. The SMILES string of the molecule is COC(=O)c1ccc2c(NC3=CCC=C(OC(F)(F)F)C=C3)ncnc2c1. The maximum absolute atomic E-state index is 12.3. The molecule has 2 aromatic rings. The summed E-state index contributed by atoms with van der Waals surface area (Å²) in [4.78, 5) is 19.9. The van der Waals surface area contributed by atoms with Crippen molar-refractivity contribution in [1.29, 1.82) is 0 Å². The first-order valence-electron chi connectivity index (χ1n) is 7.80. The lowest BCUT2D eigenvalue weighted by Crippen LogP contribution is -2.12. The van der Waals surface area contributed by atoms with Crippen molar-refractivity contribution >= 4 is 22.7 Å². The van der Waals surface area contributed by atoms with E-state index in [0.717, 1.165) is 0 Å². The van der Waals surface area contributed by atoms with Crippen LogP contribution in [0.15, 0.2) is 60.3 Å². The van der Waals surface area contributed by atoms with Gasteiger partial charge in [0.1, 0.15) is 17.9 Å². The number of hydrogen-bond acceptors (Lipinski definition) is 6. The molecule has 0 radical (unpaired) electrons. The van der Waals surface area contributed by atoms with Crippen LogP contribution < -0.4 is 5.32 Å². The Hall–Kier alpha value is -3.36. The summed E-state index contributed by atoms with van der Waals surface area (Å²) in [5, 5.41) is 3.69. The van der Waals surface area contributed by atoms with Crippen molar-refractivity contribution in [3.63, 3.8) is 0 Å². The van der Waals surface area contributed by atoms with Crippen molar-refractivity contribution in [2.45, 2.75) is 12.8 Å². The standard InChI is InChI=1S/C18H14F3N3O3/c1-26-17(25)11-5-8-14-15(9-11)22-10-23-16(14)24-12-3-2-4-13(7-6-12)27-18(19,20)21/h3-10H,2H2,1H3,(H,22,23,24). The number of anilines is 1. The van der Waals surface area contributed by atoms with Crippen LogP contribution in [0.3, 0.4) is 0 Å². The van der Waals surface area contributed by atoms with Gasteiger partial charge in [0.05, 0.1) is 18.2 Å². The van der Waals surface area contributed by atoms with Crippen LogP contribution >= 0.6 is 0 Å². The van der Waals surface area contributed by atoms with Crippen molar-refractivity contribution in [2.75, 3.05) is 12.4 Å². The Morgan fingerprint density at radius 1 is 1.19 bits per heavy atom. The molecule has 0 saturated carbocycles. The van der Waals surface area contributed by atoms with Crippen LogP contribution in [0.5, 0.6) is 0 Å². The molecule has 6 nitrogen and oxygen atoms in total. The quantitative estimate of drug-likeness (QED) is 0.809. The van der Waals surface area contributed by atoms with E-state index >= 15 is 0 Å². The van der Waals surface area contributed by atoms with Gasteiger partial charge in [-0.3, -0.25) is 0 Å². The zero-order valence-electron chi connectivity index (χ0n) is 14.1. The number of carbonyl (C=O) groups is 1. The zero-order chi connectivity index (χ0) is 19.4. The largest absolute Gasteiger partial charge is 0.573 e. The van der Waals surface area contributed by atoms with Crippen molar-refractivity contribution in [2.24, 2.45) is 0 Å². The van der Waals surface area contributed by atoms with Crippen LogP contribution in [0, 0.1) is 0 Å². The summed E-state index contributed by atoms with van der Waals surface area (Å²) in [5.41, 5.74) is 1.42. The number of aromatic nitrogens is 2. The molecule has 1 N–H and O–H groups in total. The van der Waals surface area contributed by atoms with Gasteiger partial charge >= 0.3 is 12.3 Å². The summed E-state index contributed by atoms with van der Waals surface area (Å²) in [7, 11) is 1.29. The highest BCUT2D eigenvalue weighted by Gasteiger charge is 2.31. The normalized spacial score (nSPS) is 14.2. The second-order valence-electron chi connectivity index (χ2n) is 5.45. The minimum absolute atomic E-state index is 0.246. The average molecular weight is 377 g/mol. The summed E-state index contributed by atoms with van der Waals surface area (Å²) >= 11 is 0. The Labute approximate surface area is 152 Å². The summed E-state index contributed by atoms with van der Waals surface area (Å²) in [5.74, 6) is -0.318. The molecular formula is C18H14F3N3O3. The van der Waals surface area contributed by atoms with Crippen molar-refractivity contribution in [1.82, 2.24) is 9.97 Å². The number of halogens is 3. The number of ether oxygens (including phenoxy) is 2. The van der Waals surface area contributed by atoms with Crippen molar-refractivity contribution in [3.05, 3.63) is 65.9 Å². The number of carbonyl (C=O) groups excluding carboxylic acids is 1. The first-order valence-corrected chi connectivity index (χ1v) is 7.80. The molecule has 1 heterocycles. The lowest BCUT2D eigenvalue weighted by atomic mass is 10.1. The minimum Gasteiger partial charge on any atom is -0.465 e. The number of esters is 1. The number of benzene rings is 1. The predicted molar refractivity (Wildman–Crippen MR) is 91.6 cm³/mol. The molecule has 3 rings (SSSR count). The maximum Gasteiger partial charge on any atom is 0.573 e. The second kappa shape index (κ2) is 7.48. The van der Waals surface area contributed by atoms with E-state index in [4.69, 9.17) is 0 Å². The summed E-state index contributed by atoms with van der Waals surface area (Å²) in [6.07, 6.45) is 2.52. The average Bonchev–Trinajstić information content (AvgIpc) is 2.84. The van der Waals surface area contributed by atoms with E-state index in [-0.39, 0.29) is 12.2 Å². The fraction of sp³-hybridized carbons (Fsp3) is 0.167. The molecule has 1 aliphatic carbocycles. The van der Waals surface area contributed by atoms with Crippen LogP contribution in [0.1, 0.15) is 16.8 Å². The smallest absolute Gasteiger partial charge is 0.465 e. The number of nitrogens with zero attached hydrogens (tertiary/aromatic N) is 2. The van der Waals surface area contributed by atoms with Crippen LogP contribution in [0.2, 0.25) is 0 Å². The summed E-state index contributed by atoms with van der Waals surface area (Å²) in [6, 6.07) is 4.82. The molecule has 1 aliphatic rings. The van der Waals surface area contributed by atoms with Gasteiger partial charge in [-0.15, -0.1) is 13.2 Å². The molecule has 0 amide bonds. The van der Waals surface area contributed by atoms with E-state index < -0.39 is 12.3 Å². The summed E-state index contributed by atoms with van der Waals surface area (Å²) < 4.78 is 45.6. The Kier molecular flexibility index (Phi) is 5.11. The van der Waals surface area contributed by atoms with Gasteiger partial charge in [-0.25, -0.2) is 14.8 Å². The van der Waals surface area contributed by atoms with E-state index in [1.54, 1.807) is 24.3 Å². The first-order chi connectivity index (χ1) is 12.9. The highest BCUT2D eigenvalue weighted by atomic mass is 19.4. The number of rotatable bonds is 4. The van der Waals surface area contributed by atoms with Gasteiger partial charge in [0.2, 0.25) is 0 Å². The molecule has 1 aromatic heterocycles. The van der Waals surface area contributed by atoms with Crippen LogP contribution in [-0.4, -0.2) is 29.4 Å². The molecule has 0 spiro atoms. The number of alkyl halides is 3. The number of hydrogen-bond donors (Lipinski definition) is 1. The van der Waals surface area contributed by atoms with E-state index in [9.17, 15) is 18.0 Å². The highest BCUT2D eigenvalue weighted by molar-refractivity contribution is 5.97. The zero-order valence-corrected chi connectivity index (χ0v) is 14.1. The molecule has 0 bridgehead atoms. The van der Waals surface area contributed by atoms with Gasteiger partial charge in [-0.1, -0.05) is 6.08 Å².